The molecule has 0 spiro atoms. The summed E-state index contributed by atoms with van der Waals surface area (Å²) in [5, 5.41) is 3.10. The number of halogens is 1. The van der Waals surface area contributed by atoms with Crippen molar-refractivity contribution in [3.63, 3.8) is 0 Å². The van der Waals surface area contributed by atoms with Crippen LogP contribution in [0.4, 0.5) is 0 Å². The third-order valence-electron chi connectivity index (χ3n) is 2.65. The molecular formula is C14H16BrNO2. The molecule has 0 fully saturated rings. The minimum absolute atomic E-state index is 0.436. The third-order valence-corrected chi connectivity index (χ3v) is 3.27. The molecule has 4 heteroatoms. The maximum Gasteiger partial charge on any atom is 0.146 e. The van der Waals surface area contributed by atoms with Crippen LogP contribution in [0.25, 0.3) is 0 Å². The first-order valence-corrected chi connectivity index (χ1v) is 6.59. The second-order valence-electron chi connectivity index (χ2n) is 4.12. The van der Waals surface area contributed by atoms with Gasteiger partial charge >= 0.3 is 0 Å². The Morgan fingerprint density at radius 1 is 1.33 bits per heavy atom. The number of hydrogen-bond donors (Lipinski definition) is 1. The van der Waals surface area contributed by atoms with Crippen LogP contribution in [-0.4, -0.2) is 7.05 Å². The summed E-state index contributed by atoms with van der Waals surface area (Å²) in [7, 11) is 1.91. The van der Waals surface area contributed by atoms with Crippen LogP contribution in [-0.2, 0) is 13.2 Å². The highest BCUT2D eigenvalue weighted by atomic mass is 79.9. The lowest BCUT2D eigenvalue weighted by molar-refractivity contribution is 0.266. The SMILES string of the molecule is CNCc1ccoc1COc1ccc(C)cc1Br. The number of ether oxygens (including phenoxy) is 1. The Labute approximate surface area is 115 Å². The Morgan fingerprint density at radius 2 is 2.17 bits per heavy atom. The number of benzene rings is 1. The van der Waals surface area contributed by atoms with Gasteiger partial charge in [-0.25, -0.2) is 0 Å². The van der Waals surface area contributed by atoms with Gasteiger partial charge in [0.15, 0.2) is 0 Å². The quantitative estimate of drug-likeness (QED) is 0.915. The molecule has 0 saturated carbocycles. The fourth-order valence-corrected chi connectivity index (χ4v) is 2.32. The molecule has 0 radical (unpaired) electrons. The molecule has 0 unspecified atom stereocenters. The molecule has 1 aromatic carbocycles. The zero-order valence-corrected chi connectivity index (χ0v) is 12.1. The summed E-state index contributed by atoms with van der Waals surface area (Å²) in [6.07, 6.45) is 1.69. The van der Waals surface area contributed by atoms with Gasteiger partial charge in [0.1, 0.15) is 18.1 Å². The first-order chi connectivity index (χ1) is 8.70. The average Bonchev–Trinajstić information content (AvgIpc) is 2.76. The number of aryl methyl sites for hydroxylation is 1. The van der Waals surface area contributed by atoms with E-state index in [-0.39, 0.29) is 0 Å². The minimum atomic E-state index is 0.436. The molecule has 96 valence electrons. The third kappa shape index (κ3) is 3.15. The van der Waals surface area contributed by atoms with Crippen LogP contribution in [0.15, 0.2) is 39.4 Å². The van der Waals surface area contributed by atoms with Crippen molar-refractivity contribution in [2.75, 3.05) is 7.05 Å². The van der Waals surface area contributed by atoms with Gasteiger partial charge in [0.2, 0.25) is 0 Å². The Hall–Kier alpha value is -1.26. The van der Waals surface area contributed by atoms with E-state index in [2.05, 4.69) is 21.2 Å². The van der Waals surface area contributed by atoms with Crippen LogP contribution in [0, 0.1) is 6.92 Å². The molecule has 0 bridgehead atoms. The predicted molar refractivity (Wildman–Crippen MR) is 74.7 cm³/mol. The summed E-state index contributed by atoms with van der Waals surface area (Å²) in [5.41, 5.74) is 2.32. The Morgan fingerprint density at radius 3 is 2.89 bits per heavy atom. The summed E-state index contributed by atoms with van der Waals surface area (Å²) in [6.45, 7) is 3.27. The molecular weight excluding hydrogens is 294 g/mol. The molecule has 0 atom stereocenters. The lowest BCUT2D eigenvalue weighted by Gasteiger charge is -2.08. The fourth-order valence-electron chi connectivity index (χ4n) is 1.71. The van der Waals surface area contributed by atoms with Crippen molar-refractivity contribution in [2.24, 2.45) is 0 Å². The monoisotopic (exact) mass is 309 g/mol. The van der Waals surface area contributed by atoms with Crippen LogP contribution < -0.4 is 10.1 Å². The van der Waals surface area contributed by atoms with Crippen molar-refractivity contribution in [1.82, 2.24) is 5.32 Å². The first kappa shape index (κ1) is 13.2. The maximum atomic E-state index is 5.75. The fraction of sp³-hybridized carbons (Fsp3) is 0.286. The van der Waals surface area contributed by atoms with Crippen molar-refractivity contribution in [1.29, 1.82) is 0 Å². The summed E-state index contributed by atoms with van der Waals surface area (Å²) in [5.74, 6) is 1.68. The molecule has 0 saturated heterocycles. The number of hydrogen-bond acceptors (Lipinski definition) is 3. The second-order valence-corrected chi connectivity index (χ2v) is 4.98. The Kier molecular flexibility index (Phi) is 4.44. The van der Waals surface area contributed by atoms with E-state index in [1.807, 2.05) is 38.2 Å². The van der Waals surface area contributed by atoms with E-state index in [4.69, 9.17) is 9.15 Å². The number of rotatable bonds is 5. The molecule has 3 nitrogen and oxygen atoms in total. The van der Waals surface area contributed by atoms with Gasteiger partial charge in [0.05, 0.1) is 10.7 Å². The highest BCUT2D eigenvalue weighted by molar-refractivity contribution is 9.10. The van der Waals surface area contributed by atoms with Gasteiger partial charge in [-0.05, 0) is 53.7 Å². The maximum absolute atomic E-state index is 5.75. The highest BCUT2D eigenvalue weighted by Gasteiger charge is 2.08. The molecule has 0 amide bonds. The summed E-state index contributed by atoms with van der Waals surface area (Å²) in [6, 6.07) is 7.97. The number of furan rings is 1. The van der Waals surface area contributed by atoms with Gasteiger partial charge < -0.3 is 14.5 Å². The van der Waals surface area contributed by atoms with E-state index in [1.165, 1.54) is 5.56 Å². The second kappa shape index (κ2) is 6.07. The van der Waals surface area contributed by atoms with E-state index in [1.54, 1.807) is 6.26 Å². The summed E-state index contributed by atoms with van der Waals surface area (Å²) in [4.78, 5) is 0. The number of nitrogens with one attached hydrogen (secondary N) is 1. The molecule has 0 aliphatic rings. The van der Waals surface area contributed by atoms with Gasteiger partial charge in [-0.15, -0.1) is 0 Å². The van der Waals surface area contributed by atoms with E-state index in [9.17, 15) is 0 Å². The molecule has 1 heterocycles. The van der Waals surface area contributed by atoms with Crippen LogP contribution in [0.2, 0.25) is 0 Å². The molecule has 2 rings (SSSR count). The smallest absolute Gasteiger partial charge is 0.146 e. The van der Waals surface area contributed by atoms with Crippen molar-refractivity contribution in [3.8, 4) is 5.75 Å². The van der Waals surface area contributed by atoms with Crippen LogP contribution in [0.5, 0.6) is 5.75 Å². The normalized spacial score (nSPS) is 10.6. The van der Waals surface area contributed by atoms with Crippen LogP contribution >= 0.6 is 15.9 Å². The molecule has 1 N–H and O–H groups in total. The van der Waals surface area contributed by atoms with Gasteiger partial charge in [0.25, 0.3) is 0 Å². The molecule has 0 aliphatic carbocycles. The first-order valence-electron chi connectivity index (χ1n) is 5.79. The van der Waals surface area contributed by atoms with E-state index < -0.39 is 0 Å². The molecule has 18 heavy (non-hydrogen) atoms. The lowest BCUT2D eigenvalue weighted by atomic mass is 10.2. The largest absolute Gasteiger partial charge is 0.484 e. The highest BCUT2D eigenvalue weighted by Crippen LogP contribution is 2.27. The van der Waals surface area contributed by atoms with Crippen molar-refractivity contribution in [2.45, 2.75) is 20.1 Å². The molecule has 0 aliphatic heterocycles. The van der Waals surface area contributed by atoms with Gasteiger partial charge in [-0.1, -0.05) is 6.07 Å². The van der Waals surface area contributed by atoms with Gasteiger partial charge in [0, 0.05) is 12.1 Å². The van der Waals surface area contributed by atoms with Crippen molar-refractivity contribution in [3.05, 3.63) is 51.9 Å². The standard InChI is InChI=1S/C14H16BrNO2/c1-10-3-4-13(12(15)7-10)18-9-14-11(8-16-2)5-6-17-14/h3-7,16H,8-9H2,1-2H3. The Bertz CT molecular complexity index is 522. The summed E-state index contributed by atoms with van der Waals surface area (Å²) >= 11 is 3.49. The zero-order chi connectivity index (χ0) is 13.0. The van der Waals surface area contributed by atoms with Crippen molar-refractivity contribution >= 4 is 15.9 Å². The zero-order valence-electron chi connectivity index (χ0n) is 10.5. The van der Waals surface area contributed by atoms with Crippen LogP contribution in [0.3, 0.4) is 0 Å². The topological polar surface area (TPSA) is 34.4 Å². The predicted octanol–water partition coefficient (Wildman–Crippen LogP) is 3.65. The van der Waals surface area contributed by atoms with Crippen molar-refractivity contribution < 1.29 is 9.15 Å². The summed E-state index contributed by atoms with van der Waals surface area (Å²) < 4.78 is 12.1. The van der Waals surface area contributed by atoms with E-state index in [0.29, 0.717) is 6.61 Å². The molecule has 2 aromatic rings. The molecule has 1 aromatic heterocycles. The van der Waals surface area contributed by atoms with Gasteiger partial charge in [-0.3, -0.25) is 0 Å². The van der Waals surface area contributed by atoms with E-state index in [0.717, 1.165) is 28.1 Å². The van der Waals surface area contributed by atoms with Gasteiger partial charge in [-0.2, -0.15) is 0 Å². The lowest BCUT2D eigenvalue weighted by Crippen LogP contribution is -2.07. The van der Waals surface area contributed by atoms with E-state index >= 15 is 0 Å². The Balaban J connectivity index is 2.04. The van der Waals surface area contributed by atoms with Crippen LogP contribution in [0.1, 0.15) is 16.9 Å². The minimum Gasteiger partial charge on any atom is -0.484 e. The average molecular weight is 310 g/mol.